The zero-order valence-corrected chi connectivity index (χ0v) is 15.0. The molecule has 2 aliphatic rings. The second-order valence-corrected chi connectivity index (χ2v) is 8.22. The molecule has 2 fully saturated rings. The molecule has 1 aromatic rings. The quantitative estimate of drug-likeness (QED) is 0.780. The van der Waals surface area contributed by atoms with Crippen LogP contribution in [0.5, 0.6) is 5.75 Å². The van der Waals surface area contributed by atoms with Crippen LogP contribution in [0.1, 0.15) is 58.4 Å². The van der Waals surface area contributed by atoms with Gasteiger partial charge in [0.1, 0.15) is 11.5 Å². The van der Waals surface area contributed by atoms with Crippen molar-refractivity contribution in [1.29, 1.82) is 0 Å². The van der Waals surface area contributed by atoms with Crippen LogP contribution in [-0.4, -0.2) is 12.9 Å². The maximum atomic E-state index is 12.7. The molecule has 1 aromatic carbocycles. The first-order chi connectivity index (χ1) is 10.9. The van der Waals surface area contributed by atoms with Gasteiger partial charge < -0.3 is 4.74 Å². The van der Waals surface area contributed by atoms with Crippen molar-refractivity contribution in [3.05, 3.63) is 29.8 Å². The van der Waals surface area contributed by atoms with E-state index in [2.05, 4.69) is 39.0 Å². The maximum absolute atomic E-state index is 12.7. The third-order valence-corrected chi connectivity index (χ3v) is 7.09. The number of hydrogen-bond acceptors (Lipinski definition) is 2. The van der Waals surface area contributed by atoms with Gasteiger partial charge in [-0.05, 0) is 61.0 Å². The van der Waals surface area contributed by atoms with Crippen molar-refractivity contribution in [3.63, 3.8) is 0 Å². The Labute approximate surface area is 140 Å². The Kier molecular flexibility index (Phi) is 4.29. The maximum Gasteiger partial charge on any atom is 0.139 e. The zero-order valence-electron chi connectivity index (χ0n) is 15.0. The average molecular weight is 314 g/mol. The van der Waals surface area contributed by atoms with E-state index in [0.29, 0.717) is 17.6 Å². The highest BCUT2D eigenvalue weighted by atomic mass is 16.5. The summed E-state index contributed by atoms with van der Waals surface area (Å²) in [4.78, 5) is 12.7. The third-order valence-electron chi connectivity index (χ3n) is 7.09. The van der Waals surface area contributed by atoms with E-state index in [1.54, 1.807) is 7.11 Å². The minimum absolute atomic E-state index is 0.110. The van der Waals surface area contributed by atoms with E-state index < -0.39 is 0 Å². The zero-order chi connectivity index (χ0) is 16.7. The number of ether oxygens (including phenoxy) is 1. The molecule has 0 aliphatic heterocycles. The molecule has 3 rings (SSSR count). The molecule has 23 heavy (non-hydrogen) atoms. The van der Waals surface area contributed by atoms with Gasteiger partial charge in [-0.2, -0.15) is 0 Å². The molecule has 2 heteroatoms. The molecule has 0 spiro atoms. The van der Waals surface area contributed by atoms with Crippen molar-refractivity contribution in [1.82, 2.24) is 0 Å². The van der Waals surface area contributed by atoms with E-state index in [9.17, 15) is 4.79 Å². The number of carbonyl (C=O) groups excluding carboxylic acids is 1. The normalized spacial score (nSPS) is 37.3. The average Bonchev–Trinajstić information content (AvgIpc) is 2.54. The number of para-hydroxylation sites is 1. The Bertz CT molecular complexity index is 593. The monoisotopic (exact) mass is 314 g/mol. The van der Waals surface area contributed by atoms with E-state index in [-0.39, 0.29) is 10.8 Å². The summed E-state index contributed by atoms with van der Waals surface area (Å²) in [6, 6.07) is 8.37. The summed E-state index contributed by atoms with van der Waals surface area (Å²) >= 11 is 0. The topological polar surface area (TPSA) is 26.3 Å². The lowest BCUT2D eigenvalue weighted by Gasteiger charge is -2.57. The Balaban J connectivity index is 1.98. The van der Waals surface area contributed by atoms with Crippen LogP contribution in [0.2, 0.25) is 0 Å². The van der Waals surface area contributed by atoms with Gasteiger partial charge in [-0.25, -0.2) is 0 Å². The third kappa shape index (κ3) is 2.60. The van der Waals surface area contributed by atoms with Gasteiger partial charge in [0, 0.05) is 11.8 Å². The van der Waals surface area contributed by atoms with E-state index in [0.717, 1.165) is 37.9 Å². The second-order valence-electron chi connectivity index (χ2n) is 8.22. The number of methoxy groups -OCH3 is 1. The lowest BCUT2D eigenvalue weighted by atomic mass is 9.46. The molecule has 0 amide bonds. The first-order valence-electron chi connectivity index (χ1n) is 9.07. The molecule has 4 atom stereocenters. The predicted molar refractivity (Wildman–Crippen MR) is 93.7 cm³/mol. The largest absolute Gasteiger partial charge is 0.496 e. The molecule has 0 saturated heterocycles. The van der Waals surface area contributed by atoms with Crippen LogP contribution < -0.4 is 4.74 Å². The van der Waals surface area contributed by atoms with Gasteiger partial charge in [0.2, 0.25) is 0 Å². The molecule has 0 unspecified atom stereocenters. The van der Waals surface area contributed by atoms with Gasteiger partial charge in [-0.1, -0.05) is 39.0 Å². The fourth-order valence-electron chi connectivity index (χ4n) is 5.38. The van der Waals surface area contributed by atoms with Gasteiger partial charge in [0.25, 0.3) is 0 Å². The standard InChI is InChI=1S/C21H30O2/c1-15-12-13-20(2)18(10-7-11-19(20)22)21(15,3)14-16-8-5-6-9-17(16)23-4/h5-6,8-9,15,18H,7,10-14H2,1-4H3/t15-,18-,20+,21-/m1/s1. The van der Waals surface area contributed by atoms with E-state index in [1.807, 2.05) is 6.07 Å². The molecule has 0 aromatic heterocycles. The Morgan fingerprint density at radius 2 is 1.96 bits per heavy atom. The van der Waals surface area contributed by atoms with E-state index in [4.69, 9.17) is 4.74 Å². The number of ketones is 1. The van der Waals surface area contributed by atoms with E-state index >= 15 is 0 Å². The molecular formula is C21H30O2. The summed E-state index contributed by atoms with van der Waals surface area (Å²) in [5, 5.41) is 0. The minimum Gasteiger partial charge on any atom is -0.496 e. The predicted octanol–water partition coefficient (Wildman–Crippen LogP) is 5.05. The highest BCUT2D eigenvalue weighted by Gasteiger charge is 2.56. The van der Waals surface area contributed by atoms with Crippen LogP contribution in [0.3, 0.4) is 0 Å². The van der Waals surface area contributed by atoms with Crippen LogP contribution in [-0.2, 0) is 11.2 Å². The lowest BCUT2D eigenvalue weighted by Crippen LogP contribution is -2.54. The number of Topliss-reactive ketones (excluding diaryl/α,β-unsaturated/α-hetero) is 1. The summed E-state index contributed by atoms with van der Waals surface area (Å²) in [5.74, 6) is 2.61. The number of hydrogen-bond donors (Lipinski definition) is 0. The van der Waals surface area contributed by atoms with Gasteiger partial charge in [0.15, 0.2) is 0 Å². The van der Waals surface area contributed by atoms with Crippen LogP contribution in [0, 0.1) is 22.7 Å². The Morgan fingerprint density at radius 1 is 1.22 bits per heavy atom. The van der Waals surface area contributed by atoms with Gasteiger partial charge >= 0.3 is 0 Å². The molecule has 2 nitrogen and oxygen atoms in total. The molecule has 0 heterocycles. The van der Waals surface area contributed by atoms with E-state index in [1.165, 1.54) is 12.0 Å². The summed E-state index contributed by atoms with van der Waals surface area (Å²) in [6.07, 6.45) is 6.27. The van der Waals surface area contributed by atoms with Crippen molar-refractivity contribution in [3.8, 4) is 5.75 Å². The van der Waals surface area contributed by atoms with Crippen LogP contribution in [0.15, 0.2) is 24.3 Å². The molecule has 126 valence electrons. The summed E-state index contributed by atoms with van der Waals surface area (Å²) in [7, 11) is 1.75. The van der Waals surface area contributed by atoms with Gasteiger partial charge in [-0.3, -0.25) is 4.79 Å². The highest BCUT2D eigenvalue weighted by molar-refractivity contribution is 5.85. The molecule has 0 N–H and O–H groups in total. The van der Waals surface area contributed by atoms with Crippen LogP contribution in [0.25, 0.3) is 0 Å². The van der Waals surface area contributed by atoms with Crippen LogP contribution in [0.4, 0.5) is 0 Å². The summed E-state index contributed by atoms with van der Waals surface area (Å²) in [5.41, 5.74) is 1.34. The molecular weight excluding hydrogens is 284 g/mol. The number of fused-ring (bicyclic) bond motifs is 1. The minimum atomic E-state index is -0.110. The number of rotatable bonds is 3. The smallest absolute Gasteiger partial charge is 0.139 e. The SMILES string of the molecule is COc1ccccc1C[C@]1(C)[C@H](C)CC[C@]2(C)C(=O)CCC[C@@H]12. The Hall–Kier alpha value is -1.31. The van der Waals surface area contributed by atoms with Gasteiger partial charge in [-0.15, -0.1) is 0 Å². The molecule has 2 aliphatic carbocycles. The Morgan fingerprint density at radius 3 is 2.70 bits per heavy atom. The lowest BCUT2D eigenvalue weighted by molar-refractivity contribution is -0.148. The molecule has 2 saturated carbocycles. The second kappa shape index (κ2) is 5.96. The number of carbonyl (C=O) groups is 1. The van der Waals surface area contributed by atoms with Gasteiger partial charge in [0.05, 0.1) is 7.11 Å². The van der Waals surface area contributed by atoms with Crippen molar-refractivity contribution in [2.75, 3.05) is 7.11 Å². The van der Waals surface area contributed by atoms with Crippen molar-refractivity contribution in [2.45, 2.75) is 59.3 Å². The molecule has 0 bridgehead atoms. The van der Waals surface area contributed by atoms with Crippen molar-refractivity contribution >= 4 is 5.78 Å². The van der Waals surface area contributed by atoms with Crippen LogP contribution >= 0.6 is 0 Å². The van der Waals surface area contributed by atoms with Crippen molar-refractivity contribution < 1.29 is 9.53 Å². The number of benzene rings is 1. The highest BCUT2D eigenvalue weighted by Crippen LogP contribution is 2.59. The fourth-order valence-corrected chi connectivity index (χ4v) is 5.38. The van der Waals surface area contributed by atoms with Crippen molar-refractivity contribution in [2.24, 2.45) is 22.7 Å². The fraction of sp³-hybridized carbons (Fsp3) is 0.667. The first-order valence-corrected chi connectivity index (χ1v) is 9.07. The summed E-state index contributed by atoms with van der Waals surface area (Å²) in [6.45, 7) is 7.05. The first kappa shape index (κ1) is 16.5. The molecule has 0 radical (unpaired) electrons. The summed E-state index contributed by atoms with van der Waals surface area (Å²) < 4.78 is 5.58.